The van der Waals surface area contributed by atoms with E-state index in [4.69, 9.17) is 9.26 Å². The van der Waals surface area contributed by atoms with Crippen molar-refractivity contribution in [3.8, 4) is 0 Å². The molecule has 0 spiro atoms. The largest absolute Gasteiger partial charge is 0.444 e. The van der Waals surface area contributed by atoms with Gasteiger partial charge in [0.2, 0.25) is 5.89 Å². The molecule has 0 unspecified atom stereocenters. The molecule has 7 nitrogen and oxygen atoms in total. The molecule has 0 aromatic carbocycles. The minimum Gasteiger partial charge on any atom is -0.444 e. The van der Waals surface area contributed by atoms with Gasteiger partial charge >= 0.3 is 6.09 Å². The van der Waals surface area contributed by atoms with Crippen LogP contribution >= 0.6 is 0 Å². The third-order valence-electron chi connectivity index (χ3n) is 5.47. The molecule has 2 aliphatic rings. The molecule has 0 radical (unpaired) electrons. The molecule has 2 fully saturated rings. The van der Waals surface area contributed by atoms with Crippen LogP contribution in [0, 0.1) is 5.92 Å². The molecular weight excluding hydrogens is 356 g/mol. The van der Waals surface area contributed by atoms with Crippen LogP contribution in [-0.2, 0) is 17.7 Å². The standard InChI is InChI=1S/C21H36N4O3/c1-15(2)13-19-22-18(23-28-19)14-24-11-7-6-9-16(24)17-10-8-12-25(17)20(26)27-21(3,4)5/h15-17H,6-14H2,1-5H3/t16-,17+/m1/s1. The summed E-state index contributed by atoms with van der Waals surface area (Å²) in [5.74, 6) is 1.97. The van der Waals surface area contributed by atoms with E-state index in [0.717, 1.165) is 50.5 Å². The predicted octanol–water partition coefficient (Wildman–Crippen LogP) is 4.02. The first-order chi connectivity index (χ1) is 13.2. The van der Waals surface area contributed by atoms with Crippen LogP contribution in [0.1, 0.15) is 78.4 Å². The number of likely N-dealkylation sites (tertiary alicyclic amines) is 2. The molecule has 0 aliphatic carbocycles. The van der Waals surface area contributed by atoms with E-state index in [0.29, 0.717) is 18.5 Å². The Morgan fingerprint density at radius 3 is 2.64 bits per heavy atom. The van der Waals surface area contributed by atoms with Gasteiger partial charge in [-0.15, -0.1) is 0 Å². The molecule has 28 heavy (non-hydrogen) atoms. The van der Waals surface area contributed by atoms with E-state index in [1.807, 2.05) is 25.7 Å². The van der Waals surface area contributed by atoms with Gasteiger partial charge in [0.1, 0.15) is 5.60 Å². The van der Waals surface area contributed by atoms with Gasteiger partial charge in [-0.05, 0) is 58.9 Å². The second-order valence-corrected chi connectivity index (χ2v) is 9.62. The van der Waals surface area contributed by atoms with E-state index >= 15 is 0 Å². The van der Waals surface area contributed by atoms with Crippen LogP contribution in [0.4, 0.5) is 4.79 Å². The highest BCUT2D eigenvalue weighted by molar-refractivity contribution is 5.69. The predicted molar refractivity (Wildman–Crippen MR) is 107 cm³/mol. The number of amides is 1. The molecular formula is C21H36N4O3. The van der Waals surface area contributed by atoms with Crippen molar-refractivity contribution in [1.29, 1.82) is 0 Å². The van der Waals surface area contributed by atoms with Gasteiger partial charge in [0, 0.05) is 19.0 Å². The summed E-state index contributed by atoms with van der Waals surface area (Å²) in [5.41, 5.74) is -0.464. The number of piperidine rings is 1. The highest BCUT2D eigenvalue weighted by atomic mass is 16.6. The van der Waals surface area contributed by atoms with Crippen molar-refractivity contribution >= 4 is 6.09 Å². The first-order valence-electron chi connectivity index (χ1n) is 10.8. The van der Waals surface area contributed by atoms with Crippen LogP contribution in [-0.4, -0.2) is 56.8 Å². The molecule has 2 saturated heterocycles. The van der Waals surface area contributed by atoms with Crippen LogP contribution in [0.5, 0.6) is 0 Å². The monoisotopic (exact) mass is 392 g/mol. The Kier molecular flexibility index (Phi) is 6.63. The van der Waals surface area contributed by atoms with Gasteiger partial charge in [-0.1, -0.05) is 25.4 Å². The van der Waals surface area contributed by atoms with Gasteiger partial charge in [0.05, 0.1) is 12.6 Å². The summed E-state index contributed by atoms with van der Waals surface area (Å²) in [6.07, 6.45) is 6.17. The summed E-state index contributed by atoms with van der Waals surface area (Å²) in [4.78, 5) is 21.7. The van der Waals surface area contributed by atoms with Gasteiger partial charge in [0.15, 0.2) is 5.82 Å². The summed E-state index contributed by atoms with van der Waals surface area (Å²) in [7, 11) is 0. The second kappa shape index (κ2) is 8.80. The van der Waals surface area contributed by atoms with E-state index in [1.165, 1.54) is 12.8 Å². The van der Waals surface area contributed by atoms with Gasteiger partial charge in [-0.25, -0.2) is 4.79 Å². The van der Waals surface area contributed by atoms with Gasteiger partial charge in [-0.3, -0.25) is 4.90 Å². The van der Waals surface area contributed by atoms with Crippen molar-refractivity contribution in [2.45, 2.75) is 97.4 Å². The Morgan fingerprint density at radius 1 is 1.18 bits per heavy atom. The SMILES string of the molecule is CC(C)Cc1nc(CN2CCCC[C@@H]2[C@@H]2CCCN2C(=O)OC(C)(C)C)no1. The Morgan fingerprint density at radius 2 is 1.93 bits per heavy atom. The number of carbonyl (C=O) groups excluding carboxylic acids is 1. The normalized spacial score (nSPS) is 24.1. The second-order valence-electron chi connectivity index (χ2n) is 9.62. The number of hydrogen-bond acceptors (Lipinski definition) is 6. The highest BCUT2D eigenvalue weighted by Crippen LogP contribution is 2.31. The van der Waals surface area contributed by atoms with Crippen molar-refractivity contribution in [2.75, 3.05) is 13.1 Å². The Balaban J connectivity index is 1.68. The number of carbonyl (C=O) groups is 1. The zero-order valence-corrected chi connectivity index (χ0v) is 18.1. The van der Waals surface area contributed by atoms with Gasteiger partial charge < -0.3 is 14.2 Å². The van der Waals surface area contributed by atoms with Crippen molar-refractivity contribution in [2.24, 2.45) is 5.92 Å². The van der Waals surface area contributed by atoms with E-state index in [2.05, 4.69) is 28.9 Å². The number of rotatable bonds is 5. The van der Waals surface area contributed by atoms with Gasteiger partial charge in [0.25, 0.3) is 0 Å². The Bertz CT molecular complexity index is 652. The van der Waals surface area contributed by atoms with E-state index < -0.39 is 5.60 Å². The minimum atomic E-state index is -0.464. The molecule has 3 rings (SSSR count). The molecule has 1 amide bonds. The molecule has 0 N–H and O–H groups in total. The maximum atomic E-state index is 12.7. The lowest BCUT2D eigenvalue weighted by Crippen LogP contribution is -2.53. The molecule has 3 heterocycles. The molecule has 2 aliphatic heterocycles. The summed E-state index contributed by atoms with van der Waals surface area (Å²) >= 11 is 0. The van der Waals surface area contributed by atoms with Gasteiger partial charge in [-0.2, -0.15) is 4.98 Å². The van der Waals surface area contributed by atoms with Crippen LogP contribution in [0.3, 0.4) is 0 Å². The molecule has 1 aromatic heterocycles. The summed E-state index contributed by atoms with van der Waals surface area (Å²) in [6, 6.07) is 0.535. The van der Waals surface area contributed by atoms with Crippen LogP contribution in [0.2, 0.25) is 0 Å². The summed E-state index contributed by atoms with van der Waals surface area (Å²) in [5, 5.41) is 4.19. The van der Waals surface area contributed by atoms with Crippen molar-refractivity contribution in [1.82, 2.24) is 19.9 Å². The fourth-order valence-electron chi connectivity index (χ4n) is 4.36. The zero-order chi connectivity index (χ0) is 20.3. The lowest BCUT2D eigenvalue weighted by molar-refractivity contribution is 0.00600. The summed E-state index contributed by atoms with van der Waals surface area (Å²) < 4.78 is 11.1. The molecule has 7 heteroatoms. The fraction of sp³-hybridized carbons (Fsp3) is 0.857. The molecule has 0 bridgehead atoms. The Labute approximate surface area is 168 Å². The smallest absolute Gasteiger partial charge is 0.410 e. The van der Waals surface area contributed by atoms with Crippen molar-refractivity contribution in [3.05, 3.63) is 11.7 Å². The molecule has 1 aromatic rings. The average Bonchev–Trinajstić information content (AvgIpc) is 3.23. The first kappa shape index (κ1) is 21.1. The van der Waals surface area contributed by atoms with Crippen LogP contribution < -0.4 is 0 Å². The zero-order valence-electron chi connectivity index (χ0n) is 18.1. The molecule has 158 valence electrons. The molecule has 0 saturated carbocycles. The topological polar surface area (TPSA) is 71.7 Å². The Hall–Kier alpha value is -1.63. The lowest BCUT2D eigenvalue weighted by Gasteiger charge is -2.41. The van der Waals surface area contributed by atoms with Crippen molar-refractivity contribution < 1.29 is 14.1 Å². The van der Waals surface area contributed by atoms with Crippen LogP contribution in [0.25, 0.3) is 0 Å². The third kappa shape index (κ3) is 5.46. The fourth-order valence-corrected chi connectivity index (χ4v) is 4.36. The molecule has 2 atom stereocenters. The van der Waals surface area contributed by atoms with E-state index in [1.54, 1.807) is 0 Å². The maximum absolute atomic E-state index is 12.7. The van der Waals surface area contributed by atoms with E-state index in [-0.39, 0.29) is 12.1 Å². The minimum absolute atomic E-state index is 0.181. The number of nitrogens with zero attached hydrogens (tertiary/aromatic N) is 4. The number of ether oxygens (including phenoxy) is 1. The van der Waals surface area contributed by atoms with E-state index in [9.17, 15) is 4.79 Å². The highest BCUT2D eigenvalue weighted by Gasteiger charge is 2.40. The van der Waals surface area contributed by atoms with Crippen molar-refractivity contribution in [3.63, 3.8) is 0 Å². The van der Waals surface area contributed by atoms with Crippen LogP contribution in [0.15, 0.2) is 4.52 Å². The number of aromatic nitrogens is 2. The number of hydrogen-bond donors (Lipinski definition) is 0. The first-order valence-corrected chi connectivity index (χ1v) is 10.8. The maximum Gasteiger partial charge on any atom is 0.410 e. The third-order valence-corrected chi connectivity index (χ3v) is 5.47. The quantitative estimate of drug-likeness (QED) is 0.754. The summed E-state index contributed by atoms with van der Waals surface area (Å²) in [6.45, 7) is 12.5. The lowest BCUT2D eigenvalue weighted by atomic mass is 9.94. The average molecular weight is 393 g/mol.